The summed E-state index contributed by atoms with van der Waals surface area (Å²) in [5, 5.41) is 11.4. The molecule has 0 bridgehead atoms. The summed E-state index contributed by atoms with van der Waals surface area (Å²) >= 11 is 0. The number of hydrogen-bond donors (Lipinski definition) is 2. The molecule has 1 aromatic carbocycles. The van der Waals surface area contributed by atoms with Crippen molar-refractivity contribution in [1.29, 1.82) is 0 Å². The lowest BCUT2D eigenvalue weighted by molar-refractivity contribution is -0.131. The lowest BCUT2D eigenvalue weighted by Crippen LogP contribution is -2.22. The first kappa shape index (κ1) is 14.6. The van der Waals surface area contributed by atoms with E-state index in [-0.39, 0.29) is 5.91 Å². The highest BCUT2D eigenvalue weighted by molar-refractivity contribution is 5.95. The molecule has 108 valence electrons. The molecular formula is C16H15NO4. The molecule has 1 aromatic heterocycles. The average molecular weight is 285 g/mol. The van der Waals surface area contributed by atoms with Crippen LogP contribution in [-0.2, 0) is 11.3 Å². The Hall–Kier alpha value is -2.82. The summed E-state index contributed by atoms with van der Waals surface area (Å²) < 4.78 is 5.14. The van der Waals surface area contributed by atoms with E-state index in [4.69, 9.17) is 9.52 Å². The zero-order valence-corrected chi connectivity index (χ0v) is 11.5. The molecule has 0 atom stereocenters. The molecule has 0 aliphatic rings. The normalized spacial score (nSPS) is 10.7. The van der Waals surface area contributed by atoms with Crippen molar-refractivity contribution in [2.45, 2.75) is 13.5 Å². The first-order valence-corrected chi connectivity index (χ1v) is 6.38. The summed E-state index contributed by atoms with van der Waals surface area (Å²) in [7, 11) is 0. The predicted octanol–water partition coefficient (Wildman–Crippen LogP) is 2.62. The average Bonchev–Trinajstić information content (AvgIpc) is 2.95. The molecule has 0 saturated heterocycles. The monoisotopic (exact) mass is 285 g/mol. The van der Waals surface area contributed by atoms with Crippen LogP contribution in [0, 0.1) is 6.92 Å². The second-order valence-electron chi connectivity index (χ2n) is 4.57. The van der Waals surface area contributed by atoms with Crippen molar-refractivity contribution < 1.29 is 19.1 Å². The molecule has 0 aliphatic carbocycles. The maximum absolute atomic E-state index is 12.1. The number of carboxylic acid groups (broad SMARTS) is 1. The van der Waals surface area contributed by atoms with Crippen LogP contribution >= 0.6 is 0 Å². The highest BCUT2D eigenvalue weighted by Crippen LogP contribution is 2.12. The third-order valence-electron chi connectivity index (χ3n) is 2.78. The Morgan fingerprint density at radius 3 is 2.81 bits per heavy atom. The zero-order valence-electron chi connectivity index (χ0n) is 11.5. The molecule has 0 saturated carbocycles. The molecule has 0 aliphatic heterocycles. The van der Waals surface area contributed by atoms with Crippen LogP contribution in [0.3, 0.4) is 0 Å². The minimum absolute atomic E-state index is 0.236. The molecule has 21 heavy (non-hydrogen) atoms. The van der Waals surface area contributed by atoms with E-state index in [0.717, 1.165) is 11.6 Å². The molecule has 0 radical (unpaired) electrons. The third-order valence-corrected chi connectivity index (χ3v) is 2.78. The van der Waals surface area contributed by atoms with Gasteiger partial charge in [-0.1, -0.05) is 6.07 Å². The van der Waals surface area contributed by atoms with Gasteiger partial charge in [0.05, 0.1) is 12.8 Å². The Labute approximate surface area is 121 Å². The van der Waals surface area contributed by atoms with Crippen LogP contribution in [0.4, 0.5) is 0 Å². The highest BCUT2D eigenvalue weighted by Gasteiger charge is 2.07. The number of carbonyl (C=O) groups is 2. The van der Waals surface area contributed by atoms with E-state index < -0.39 is 5.97 Å². The Morgan fingerprint density at radius 2 is 2.14 bits per heavy atom. The molecule has 0 fully saturated rings. The van der Waals surface area contributed by atoms with Crippen LogP contribution in [0.15, 0.2) is 47.1 Å². The fraction of sp³-hybridized carbons (Fsp3) is 0.125. The van der Waals surface area contributed by atoms with Crippen molar-refractivity contribution in [2.24, 2.45) is 0 Å². The fourth-order valence-electron chi connectivity index (χ4n) is 1.89. The van der Waals surface area contributed by atoms with E-state index in [1.807, 2.05) is 13.0 Å². The Morgan fingerprint density at radius 1 is 1.33 bits per heavy atom. The van der Waals surface area contributed by atoms with Crippen LogP contribution < -0.4 is 5.32 Å². The zero-order chi connectivity index (χ0) is 15.2. The van der Waals surface area contributed by atoms with Gasteiger partial charge in [0, 0.05) is 11.6 Å². The lowest BCUT2D eigenvalue weighted by atomic mass is 10.1. The molecule has 5 nitrogen and oxygen atoms in total. The van der Waals surface area contributed by atoms with Gasteiger partial charge in [-0.25, -0.2) is 4.79 Å². The molecular weight excluding hydrogens is 270 g/mol. The summed E-state index contributed by atoms with van der Waals surface area (Å²) in [5.41, 5.74) is 2.03. The Bertz CT molecular complexity index is 672. The van der Waals surface area contributed by atoms with Gasteiger partial charge in [0.1, 0.15) is 5.76 Å². The number of aliphatic carboxylic acids is 1. The smallest absolute Gasteiger partial charge is 0.328 e. The van der Waals surface area contributed by atoms with Crippen molar-refractivity contribution in [3.8, 4) is 0 Å². The first-order chi connectivity index (χ1) is 10.0. The predicted molar refractivity (Wildman–Crippen MR) is 77.7 cm³/mol. The Balaban J connectivity index is 2.11. The molecule has 2 N–H and O–H groups in total. The van der Waals surface area contributed by atoms with Gasteiger partial charge in [-0.05, 0) is 48.4 Å². The van der Waals surface area contributed by atoms with Gasteiger partial charge in [0.15, 0.2) is 0 Å². The molecule has 1 heterocycles. The molecule has 0 unspecified atom stereocenters. The summed E-state index contributed by atoms with van der Waals surface area (Å²) in [6.45, 7) is 2.15. The minimum atomic E-state index is -1.03. The summed E-state index contributed by atoms with van der Waals surface area (Å²) in [4.78, 5) is 22.6. The lowest BCUT2D eigenvalue weighted by Gasteiger charge is -2.06. The quantitative estimate of drug-likeness (QED) is 0.828. The number of furan rings is 1. The van der Waals surface area contributed by atoms with Gasteiger partial charge in [0.2, 0.25) is 0 Å². The molecule has 5 heteroatoms. The van der Waals surface area contributed by atoms with Crippen molar-refractivity contribution in [1.82, 2.24) is 5.32 Å². The molecule has 2 aromatic rings. The Kier molecular flexibility index (Phi) is 4.56. The van der Waals surface area contributed by atoms with Crippen LogP contribution in [0.5, 0.6) is 0 Å². The number of amides is 1. The summed E-state index contributed by atoms with van der Waals surface area (Å²) in [6.07, 6.45) is 4.04. The maximum atomic E-state index is 12.1. The molecule has 1 amide bonds. The van der Waals surface area contributed by atoms with Crippen molar-refractivity contribution >= 4 is 18.0 Å². The van der Waals surface area contributed by atoms with E-state index in [2.05, 4.69) is 5.32 Å². The number of nitrogens with one attached hydrogen (secondary N) is 1. The van der Waals surface area contributed by atoms with Crippen LogP contribution in [0.25, 0.3) is 6.08 Å². The molecule has 2 rings (SSSR count). The van der Waals surface area contributed by atoms with Crippen molar-refractivity contribution in [3.05, 3.63) is 65.1 Å². The van der Waals surface area contributed by atoms with Crippen LogP contribution in [0.1, 0.15) is 27.2 Å². The van der Waals surface area contributed by atoms with E-state index >= 15 is 0 Å². The maximum Gasteiger partial charge on any atom is 0.328 e. The standard InChI is InChI=1S/C16H15NO4/c1-11-7-12(4-5-15(18)19)9-13(8-11)16(20)17-10-14-3-2-6-21-14/h2-9H,10H2,1H3,(H,17,20)(H,18,19)/b5-4+. The fourth-order valence-corrected chi connectivity index (χ4v) is 1.89. The highest BCUT2D eigenvalue weighted by atomic mass is 16.4. The second kappa shape index (κ2) is 6.56. The van der Waals surface area contributed by atoms with Gasteiger partial charge < -0.3 is 14.8 Å². The number of carbonyl (C=O) groups excluding carboxylic acids is 1. The minimum Gasteiger partial charge on any atom is -0.478 e. The van der Waals surface area contributed by atoms with Gasteiger partial charge in [-0.15, -0.1) is 0 Å². The first-order valence-electron chi connectivity index (χ1n) is 6.38. The van der Waals surface area contributed by atoms with Gasteiger partial charge in [-0.3, -0.25) is 4.79 Å². The summed E-state index contributed by atoms with van der Waals surface area (Å²) in [5.74, 6) is -0.595. The number of rotatable bonds is 5. The number of hydrogen-bond acceptors (Lipinski definition) is 3. The van der Waals surface area contributed by atoms with E-state index in [9.17, 15) is 9.59 Å². The van der Waals surface area contributed by atoms with E-state index in [0.29, 0.717) is 23.4 Å². The van der Waals surface area contributed by atoms with Crippen LogP contribution in [0.2, 0.25) is 0 Å². The van der Waals surface area contributed by atoms with Gasteiger partial charge in [0.25, 0.3) is 5.91 Å². The van der Waals surface area contributed by atoms with Gasteiger partial charge in [-0.2, -0.15) is 0 Å². The summed E-state index contributed by atoms with van der Waals surface area (Å²) in [6, 6.07) is 8.72. The second-order valence-corrected chi connectivity index (χ2v) is 4.57. The van der Waals surface area contributed by atoms with Crippen molar-refractivity contribution in [2.75, 3.05) is 0 Å². The van der Waals surface area contributed by atoms with Crippen LogP contribution in [-0.4, -0.2) is 17.0 Å². The topological polar surface area (TPSA) is 79.5 Å². The SMILES string of the molecule is Cc1cc(/C=C/C(=O)O)cc(C(=O)NCc2ccco2)c1. The van der Waals surface area contributed by atoms with Crippen molar-refractivity contribution in [3.63, 3.8) is 0 Å². The van der Waals surface area contributed by atoms with Gasteiger partial charge >= 0.3 is 5.97 Å². The van der Waals surface area contributed by atoms with E-state index in [1.165, 1.54) is 6.08 Å². The largest absolute Gasteiger partial charge is 0.478 e. The number of aryl methyl sites for hydroxylation is 1. The van der Waals surface area contributed by atoms with E-state index in [1.54, 1.807) is 30.5 Å². The third kappa shape index (κ3) is 4.35. The number of benzene rings is 1. The number of carboxylic acids is 1. The molecule has 0 spiro atoms.